The number of fused-ring (bicyclic) bond motifs is 1. The minimum atomic E-state index is -0.578. The molecule has 1 aliphatic rings. The van der Waals surface area contributed by atoms with Crippen molar-refractivity contribution in [1.29, 1.82) is 0 Å². The molecule has 0 fully saturated rings. The van der Waals surface area contributed by atoms with Gasteiger partial charge in [0.05, 0.1) is 13.0 Å². The molecule has 2 aromatic heterocycles. The van der Waals surface area contributed by atoms with Crippen molar-refractivity contribution in [2.45, 2.75) is 25.2 Å². The van der Waals surface area contributed by atoms with E-state index in [1.165, 1.54) is 19.2 Å². The number of ether oxygens (including phenoxy) is 1. The number of hydrogen-bond donors (Lipinski definition) is 1. The van der Waals surface area contributed by atoms with Crippen molar-refractivity contribution in [3.05, 3.63) is 71.3 Å². The number of anilines is 1. The molecule has 4 rings (SSSR count). The van der Waals surface area contributed by atoms with Crippen molar-refractivity contribution < 1.29 is 13.9 Å². The number of nitrogens with one attached hydrogen (secondary N) is 1. The van der Waals surface area contributed by atoms with E-state index in [-0.39, 0.29) is 18.3 Å². The summed E-state index contributed by atoms with van der Waals surface area (Å²) in [5.74, 6) is -0.0426. The summed E-state index contributed by atoms with van der Waals surface area (Å²) in [7, 11) is 1.35. The van der Waals surface area contributed by atoms with Crippen molar-refractivity contribution in [3.8, 4) is 11.5 Å². The van der Waals surface area contributed by atoms with E-state index in [0.717, 1.165) is 30.5 Å². The number of rotatable bonds is 6. The topological polar surface area (TPSA) is 77.0 Å². The third kappa shape index (κ3) is 4.08. The monoisotopic (exact) mass is 392 g/mol. The molecule has 0 spiro atoms. The number of halogens is 1. The number of aromatic nitrogens is 3. The molecule has 0 radical (unpaired) electrons. The van der Waals surface area contributed by atoms with Gasteiger partial charge in [-0.15, -0.1) is 0 Å². The first-order valence-electron chi connectivity index (χ1n) is 9.54. The Morgan fingerprint density at radius 2 is 2.00 bits per heavy atom. The molecule has 6 nitrogen and oxygen atoms in total. The zero-order valence-corrected chi connectivity index (χ0v) is 16.1. The minimum Gasteiger partial charge on any atom is -0.468 e. The Bertz CT molecular complexity index is 1010. The number of methoxy groups -OCH3 is 1. The number of esters is 1. The Balaban J connectivity index is 1.63. The Labute approximate surface area is 168 Å². The van der Waals surface area contributed by atoms with Crippen molar-refractivity contribution in [2.75, 3.05) is 19.0 Å². The van der Waals surface area contributed by atoms with E-state index in [1.54, 1.807) is 18.3 Å². The lowest BCUT2D eigenvalue weighted by Crippen LogP contribution is -2.23. The highest BCUT2D eigenvalue weighted by atomic mass is 19.1. The number of benzene rings is 1. The van der Waals surface area contributed by atoms with Crippen LogP contribution in [-0.4, -0.2) is 34.6 Å². The average Bonchev–Trinajstić information content (AvgIpc) is 3.24. The van der Waals surface area contributed by atoms with Gasteiger partial charge in [0.15, 0.2) is 5.82 Å². The standard InChI is InChI=1S/C22H21FN4O2/c1-29-22(28)17(14-8-10-15(23)11-9-14)13-25-20-16-5-4-7-18(16)26-21(27-20)19-6-2-3-12-24-19/h2-3,6,8-12,17H,4-5,7,13H2,1H3,(H,25,26,27). The predicted molar refractivity (Wildman–Crippen MR) is 107 cm³/mol. The van der Waals surface area contributed by atoms with Gasteiger partial charge in [0.1, 0.15) is 17.3 Å². The van der Waals surface area contributed by atoms with Gasteiger partial charge in [0.2, 0.25) is 0 Å². The molecule has 0 bridgehead atoms. The van der Waals surface area contributed by atoms with E-state index in [2.05, 4.69) is 20.3 Å². The first-order valence-corrected chi connectivity index (χ1v) is 9.54. The summed E-state index contributed by atoms with van der Waals surface area (Å²) < 4.78 is 18.2. The van der Waals surface area contributed by atoms with E-state index in [1.807, 2.05) is 18.2 Å². The first kappa shape index (κ1) is 19.0. The number of hydrogen-bond acceptors (Lipinski definition) is 6. The lowest BCUT2D eigenvalue weighted by atomic mass is 9.99. The fourth-order valence-corrected chi connectivity index (χ4v) is 3.56. The second kappa shape index (κ2) is 8.34. The molecular weight excluding hydrogens is 371 g/mol. The molecule has 0 saturated carbocycles. The Morgan fingerprint density at radius 3 is 2.72 bits per heavy atom. The highest BCUT2D eigenvalue weighted by Gasteiger charge is 2.24. The zero-order valence-electron chi connectivity index (χ0n) is 16.1. The lowest BCUT2D eigenvalue weighted by molar-refractivity contribution is -0.142. The molecule has 7 heteroatoms. The highest BCUT2D eigenvalue weighted by molar-refractivity contribution is 5.79. The van der Waals surface area contributed by atoms with Gasteiger partial charge >= 0.3 is 5.97 Å². The molecule has 0 amide bonds. The van der Waals surface area contributed by atoms with Crippen LogP contribution in [0.4, 0.5) is 10.2 Å². The molecule has 1 aliphatic carbocycles. The van der Waals surface area contributed by atoms with Crippen LogP contribution in [-0.2, 0) is 22.4 Å². The maximum absolute atomic E-state index is 13.3. The molecule has 1 N–H and O–H groups in total. The lowest BCUT2D eigenvalue weighted by Gasteiger charge is -2.18. The van der Waals surface area contributed by atoms with Crippen LogP contribution in [0.25, 0.3) is 11.5 Å². The van der Waals surface area contributed by atoms with Gasteiger partial charge in [0.25, 0.3) is 0 Å². The fraction of sp³-hybridized carbons (Fsp3) is 0.273. The first-order chi connectivity index (χ1) is 14.2. The molecular formula is C22H21FN4O2. The predicted octanol–water partition coefficient (Wildman–Crippen LogP) is 3.54. The van der Waals surface area contributed by atoms with Crippen LogP contribution >= 0.6 is 0 Å². The number of pyridine rings is 1. The maximum atomic E-state index is 13.3. The van der Waals surface area contributed by atoms with E-state index in [9.17, 15) is 9.18 Å². The van der Waals surface area contributed by atoms with Crippen LogP contribution in [0, 0.1) is 5.82 Å². The highest BCUT2D eigenvalue weighted by Crippen LogP contribution is 2.29. The average molecular weight is 392 g/mol. The number of aryl methyl sites for hydroxylation is 1. The molecule has 29 heavy (non-hydrogen) atoms. The van der Waals surface area contributed by atoms with Gasteiger partial charge in [-0.2, -0.15) is 0 Å². The zero-order chi connectivity index (χ0) is 20.2. The van der Waals surface area contributed by atoms with Gasteiger partial charge in [-0.1, -0.05) is 18.2 Å². The molecule has 0 aliphatic heterocycles. The number of carbonyl (C=O) groups is 1. The largest absolute Gasteiger partial charge is 0.468 e. The maximum Gasteiger partial charge on any atom is 0.314 e. The van der Waals surface area contributed by atoms with E-state index >= 15 is 0 Å². The van der Waals surface area contributed by atoms with Crippen molar-refractivity contribution in [2.24, 2.45) is 0 Å². The van der Waals surface area contributed by atoms with Gasteiger partial charge < -0.3 is 10.1 Å². The summed E-state index contributed by atoms with van der Waals surface area (Å²) in [5.41, 5.74) is 3.47. The summed E-state index contributed by atoms with van der Waals surface area (Å²) >= 11 is 0. The summed E-state index contributed by atoms with van der Waals surface area (Å²) in [6, 6.07) is 11.5. The van der Waals surface area contributed by atoms with Gasteiger partial charge in [-0.05, 0) is 49.1 Å². The summed E-state index contributed by atoms with van der Waals surface area (Å²) in [6.45, 7) is 0.281. The van der Waals surface area contributed by atoms with Gasteiger partial charge in [-0.25, -0.2) is 14.4 Å². The fourth-order valence-electron chi connectivity index (χ4n) is 3.56. The Kier molecular flexibility index (Phi) is 5.46. The molecule has 1 atom stereocenters. The normalized spacial score (nSPS) is 13.6. The SMILES string of the molecule is COC(=O)C(CNc1nc(-c2ccccn2)nc2c1CCC2)c1ccc(F)cc1. The molecule has 0 saturated heterocycles. The third-order valence-corrected chi connectivity index (χ3v) is 5.06. The van der Waals surface area contributed by atoms with E-state index in [0.29, 0.717) is 22.9 Å². The molecule has 2 heterocycles. The summed E-state index contributed by atoms with van der Waals surface area (Å²) in [5, 5.41) is 3.31. The van der Waals surface area contributed by atoms with Crippen LogP contribution in [0.1, 0.15) is 29.2 Å². The summed E-state index contributed by atoms with van der Waals surface area (Å²) in [4.78, 5) is 26.1. The van der Waals surface area contributed by atoms with Gasteiger partial charge in [-0.3, -0.25) is 9.78 Å². The minimum absolute atomic E-state index is 0.281. The number of nitrogens with zero attached hydrogens (tertiary/aromatic N) is 3. The Morgan fingerprint density at radius 1 is 1.17 bits per heavy atom. The third-order valence-electron chi connectivity index (χ3n) is 5.06. The van der Waals surface area contributed by atoms with Crippen molar-refractivity contribution in [1.82, 2.24) is 15.0 Å². The van der Waals surface area contributed by atoms with Crippen molar-refractivity contribution in [3.63, 3.8) is 0 Å². The molecule has 1 unspecified atom stereocenters. The van der Waals surface area contributed by atoms with E-state index < -0.39 is 5.92 Å². The van der Waals surface area contributed by atoms with Crippen molar-refractivity contribution >= 4 is 11.8 Å². The second-order valence-electron chi connectivity index (χ2n) is 6.90. The van der Waals surface area contributed by atoms with E-state index in [4.69, 9.17) is 4.74 Å². The molecule has 148 valence electrons. The molecule has 3 aromatic rings. The second-order valence-corrected chi connectivity index (χ2v) is 6.90. The van der Waals surface area contributed by atoms with Crippen LogP contribution in [0.5, 0.6) is 0 Å². The van der Waals surface area contributed by atoms with Gasteiger partial charge in [0, 0.05) is 24.0 Å². The number of carbonyl (C=O) groups excluding carboxylic acids is 1. The summed E-state index contributed by atoms with van der Waals surface area (Å²) in [6.07, 6.45) is 4.51. The quantitative estimate of drug-likeness (QED) is 0.647. The Hall–Kier alpha value is -3.35. The molecule has 1 aromatic carbocycles. The van der Waals surface area contributed by atoms with Crippen LogP contribution < -0.4 is 5.32 Å². The van der Waals surface area contributed by atoms with Crippen LogP contribution in [0.15, 0.2) is 48.7 Å². The van der Waals surface area contributed by atoms with Crippen LogP contribution in [0.3, 0.4) is 0 Å². The smallest absolute Gasteiger partial charge is 0.314 e. The van der Waals surface area contributed by atoms with Crippen LogP contribution in [0.2, 0.25) is 0 Å².